The number of aromatic nitrogens is 1. The molecular formula is C13H9NO5. The minimum atomic E-state index is -1.03. The molecular weight excluding hydrogens is 250 g/mol. The Kier molecular flexibility index (Phi) is 2.68. The second-order valence-electron chi connectivity index (χ2n) is 3.81. The second-order valence-corrected chi connectivity index (χ2v) is 3.81. The van der Waals surface area contributed by atoms with Crippen LogP contribution in [0.2, 0.25) is 0 Å². The third-order valence-electron chi connectivity index (χ3n) is 2.55. The van der Waals surface area contributed by atoms with Crippen molar-refractivity contribution < 1.29 is 24.1 Å². The summed E-state index contributed by atoms with van der Waals surface area (Å²) in [6.45, 7) is 0.199. The fourth-order valence-corrected chi connectivity index (χ4v) is 1.63. The van der Waals surface area contributed by atoms with Crippen LogP contribution in [-0.2, 0) is 0 Å². The van der Waals surface area contributed by atoms with Crippen LogP contribution in [0.25, 0.3) is 0 Å². The van der Waals surface area contributed by atoms with Gasteiger partial charge in [0.25, 0.3) is 0 Å². The maximum atomic E-state index is 10.7. The Morgan fingerprint density at radius 1 is 1.21 bits per heavy atom. The topological polar surface area (TPSA) is 77.9 Å². The predicted molar refractivity (Wildman–Crippen MR) is 63.8 cm³/mol. The van der Waals surface area contributed by atoms with Crippen LogP contribution >= 0.6 is 0 Å². The van der Waals surface area contributed by atoms with E-state index in [1.165, 1.54) is 18.3 Å². The lowest BCUT2D eigenvalue weighted by atomic mass is 10.3. The third-order valence-corrected chi connectivity index (χ3v) is 2.55. The summed E-state index contributed by atoms with van der Waals surface area (Å²) >= 11 is 0. The van der Waals surface area contributed by atoms with Crippen molar-refractivity contribution in [3.8, 4) is 23.1 Å². The summed E-state index contributed by atoms with van der Waals surface area (Å²) in [6, 6.07) is 8.07. The van der Waals surface area contributed by atoms with Gasteiger partial charge in [0.1, 0.15) is 5.75 Å². The molecule has 1 N–H and O–H groups in total. The number of hydrogen-bond donors (Lipinski definition) is 1. The first kappa shape index (κ1) is 11.3. The van der Waals surface area contributed by atoms with Gasteiger partial charge in [-0.1, -0.05) is 0 Å². The summed E-state index contributed by atoms with van der Waals surface area (Å²) in [5.41, 5.74) is 0.109. The zero-order valence-corrected chi connectivity index (χ0v) is 9.70. The summed E-state index contributed by atoms with van der Waals surface area (Å²) in [6.07, 6.45) is 1.24. The van der Waals surface area contributed by atoms with Gasteiger partial charge in [-0.2, -0.15) is 0 Å². The molecule has 0 spiro atoms. The van der Waals surface area contributed by atoms with E-state index in [9.17, 15) is 4.79 Å². The molecule has 0 saturated carbocycles. The molecule has 1 aliphatic rings. The number of rotatable bonds is 3. The maximum absolute atomic E-state index is 10.7. The van der Waals surface area contributed by atoms with Crippen molar-refractivity contribution >= 4 is 5.97 Å². The fraction of sp³-hybridized carbons (Fsp3) is 0.0769. The minimum absolute atomic E-state index is 0.109. The second kappa shape index (κ2) is 4.49. The highest BCUT2D eigenvalue weighted by Gasteiger charge is 2.14. The molecule has 0 amide bonds. The van der Waals surface area contributed by atoms with Gasteiger partial charge in [0.15, 0.2) is 11.5 Å². The van der Waals surface area contributed by atoms with Gasteiger partial charge < -0.3 is 19.3 Å². The number of benzene rings is 1. The number of aromatic carboxylic acids is 1. The molecule has 0 atom stereocenters. The molecule has 0 fully saturated rings. The molecule has 96 valence electrons. The van der Waals surface area contributed by atoms with E-state index in [-0.39, 0.29) is 12.4 Å². The van der Waals surface area contributed by atoms with Gasteiger partial charge in [-0.25, -0.2) is 9.78 Å². The van der Waals surface area contributed by atoms with E-state index in [1.807, 2.05) is 0 Å². The van der Waals surface area contributed by atoms with Crippen LogP contribution in [-0.4, -0.2) is 22.9 Å². The Bertz CT molecular complexity index is 623. The zero-order chi connectivity index (χ0) is 13.2. The standard InChI is InChI=1S/C13H9NO5/c15-13(16)8-1-4-12(14-6-8)19-9-2-3-10-11(5-9)18-7-17-10/h1-6H,7H2,(H,15,16). The average molecular weight is 259 g/mol. The highest BCUT2D eigenvalue weighted by molar-refractivity contribution is 5.87. The van der Waals surface area contributed by atoms with E-state index in [0.717, 1.165) is 0 Å². The van der Waals surface area contributed by atoms with Gasteiger partial charge in [-0.3, -0.25) is 0 Å². The van der Waals surface area contributed by atoms with Gasteiger partial charge in [0, 0.05) is 18.3 Å². The number of fused-ring (bicyclic) bond motifs is 1. The van der Waals surface area contributed by atoms with E-state index in [1.54, 1.807) is 18.2 Å². The zero-order valence-electron chi connectivity index (χ0n) is 9.70. The highest BCUT2D eigenvalue weighted by Crippen LogP contribution is 2.36. The lowest BCUT2D eigenvalue weighted by molar-refractivity contribution is 0.0696. The normalized spacial score (nSPS) is 12.2. The van der Waals surface area contributed by atoms with Crippen LogP contribution in [0, 0.1) is 0 Å². The van der Waals surface area contributed by atoms with Gasteiger partial charge in [0.2, 0.25) is 12.7 Å². The SMILES string of the molecule is O=C(O)c1ccc(Oc2ccc3c(c2)OCO3)nc1. The molecule has 6 nitrogen and oxygen atoms in total. The number of hydrogen-bond acceptors (Lipinski definition) is 5. The summed E-state index contributed by atoms with van der Waals surface area (Å²) in [5, 5.41) is 8.76. The van der Waals surface area contributed by atoms with Gasteiger partial charge in [-0.15, -0.1) is 0 Å². The summed E-state index contributed by atoms with van der Waals surface area (Å²) < 4.78 is 15.9. The van der Waals surface area contributed by atoms with Crippen LogP contribution in [0.5, 0.6) is 23.1 Å². The fourth-order valence-electron chi connectivity index (χ4n) is 1.63. The van der Waals surface area contributed by atoms with Crippen molar-refractivity contribution in [2.75, 3.05) is 6.79 Å². The number of ether oxygens (including phenoxy) is 3. The number of carboxylic acid groups (broad SMARTS) is 1. The third kappa shape index (κ3) is 2.28. The minimum Gasteiger partial charge on any atom is -0.478 e. The first-order chi connectivity index (χ1) is 9.22. The van der Waals surface area contributed by atoms with Crippen molar-refractivity contribution in [2.24, 2.45) is 0 Å². The Hall–Kier alpha value is -2.76. The monoisotopic (exact) mass is 259 g/mol. The van der Waals surface area contributed by atoms with Gasteiger partial charge in [-0.05, 0) is 18.2 Å². The molecule has 2 aromatic rings. The largest absolute Gasteiger partial charge is 0.478 e. The Morgan fingerprint density at radius 3 is 2.79 bits per heavy atom. The predicted octanol–water partition coefficient (Wildman–Crippen LogP) is 2.30. The molecule has 1 aromatic heterocycles. The lowest BCUT2D eigenvalue weighted by Crippen LogP contribution is -1.97. The highest BCUT2D eigenvalue weighted by atomic mass is 16.7. The molecule has 0 aliphatic carbocycles. The summed E-state index contributed by atoms with van der Waals surface area (Å²) in [4.78, 5) is 14.6. The van der Waals surface area contributed by atoms with E-state index < -0.39 is 5.97 Å². The van der Waals surface area contributed by atoms with Crippen LogP contribution < -0.4 is 14.2 Å². The lowest BCUT2D eigenvalue weighted by Gasteiger charge is -2.05. The van der Waals surface area contributed by atoms with E-state index in [2.05, 4.69) is 4.98 Å². The Labute approximate surface area is 108 Å². The number of carboxylic acids is 1. The molecule has 6 heteroatoms. The van der Waals surface area contributed by atoms with Crippen LogP contribution in [0.1, 0.15) is 10.4 Å². The smallest absolute Gasteiger partial charge is 0.337 e. The quantitative estimate of drug-likeness (QED) is 0.911. The first-order valence-electron chi connectivity index (χ1n) is 5.49. The first-order valence-corrected chi connectivity index (χ1v) is 5.49. The van der Waals surface area contributed by atoms with Crippen LogP contribution in [0.3, 0.4) is 0 Å². The molecule has 2 heterocycles. The molecule has 1 aliphatic heterocycles. The van der Waals surface area contributed by atoms with Crippen molar-refractivity contribution in [2.45, 2.75) is 0 Å². The average Bonchev–Trinajstić information content (AvgIpc) is 2.87. The Balaban J connectivity index is 1.79. The molecule has 0 bridgehead atoms. The van der Waals surface area contributed by atoms with Crippen molar-refractivity contribution in [3.05, 3.63) is 42.1 Å². The molecule has 1 aromatic carbocycles. The van der Waals surface area contributed by atoms with Gasteiger partial charge >= 0.3 is 5.97 Å². The van der Waals surface area contributed by atoms with Crippen LogP contribution in [0.15, 0.2) is 36.5 Å². The number of nitrogens with zero attached hydrogens (tertiary/aromatic N) is 1. The van der Waals surface area contributed by atoms with Crippen molar-refractivity contribution in [3.63, 3.8) is 0 Å². The molecule has 0 radical (unpaired) electrons. The summed E-state index contributed by atoms with van der Waals surface area (Å²) in [5.74, 6) is 1.10. The summed E-state index contributed by atoms with van der Waals surface area (Å²) in [7, 11) is 0. The van der Waals surface area contributed by atoms with Crippen molar-refractivity contribution in [1.29, 1.82) is 0 Å². The maximum Gasteiger partial charge on any atom is 0.337 e. The Morgan fingerprint density at radius 2 is 2.05 bits per heavy atom. The van der Waals surface area contributed by atoms with E-state index in [4.69, 9.17) is 19.3 Å². The molecule has 19 heavy (non-hydrogen) atoms. The van der Waals surface area contributed by atoms with Crippen molar-refractivity contribution in [1.82, 2.24) is 4.98 Å². The van der Waals surface area contributed by atoms with E-state index >= 15 is 0 Å². The molecule has 0 saturated heterocycles. The number of carbonyl (C=O) groups is 1. The van der Waals surface area contributed by atoms with Gasteiger partial charge in [0.05, 0.1) is 5.56 Å². The number of pyridine rings is 1. The molecule has 3 rings (SSSR count). The molecule has 0 unspecified atom stereocenters. The van der Waals surface area contributed by atoms with Crippen LogP contribution in [0.4, 0.5) is 0 Å². The van der Waals surface area contributed by atoms with E-state index in [0.29, 0.717) is 23.1 Å².